The van der Waals surface area contributed by atoms with Crippen molar-refractivity contribution in [3.8, 4) is 11.5 Å². The SMILES string of the molecule is COc1cc(OC)c(Nc2ncnc(NNC(=O)c3ccccc3F)c2[N+](=O)[O-])cc1Cl. The van der Waals surface area contributed by atoms with Crippen LogP contribution < -0.4 is 25.6 Å². The molecular formula is C19H16ClFN6O5. The van der Waals surface area contributed by atoms with Crippen molar-refractivity contribution < 1.29 is 23.6 Å². The first-order valence-electron chi connectivity index (χ1n) is 8.84. The number of hydrogen-bond acceptors (Lipinski definition) is 9. The summed E-state index contributed by atoms with van der Waals surface area (Å²) in [6.45, 7) is 0. The standard InChI is InChI=1S/C19H16ClFN6O5/c1-31-14-8-15(32-2)13(7-11(14)20)24-17-16(27(29)30)18(23-9-22-17)25-26-19(28)10-5-3-4-6-12(10)21/h3-9H,1-2H3,(H,26,28)(H2,22,23,24,25). The largest absolute Gasteiger partial charge is 0.495 e. The van der Waals surface area contributed by atoms with Gasteiger partial charge in [0.15, 0.2) is 0 Å². The summed E-state index contributed by atoms with van der Waals surface area (Å²) in [5.41, 5.74) is 3.92. The Morgan fingerprint density at radius 3 is 2.47 bits per heavy atom. The Hall–Kier alpha value is -4.19. The fourth-order valence-electron chi connectivity index (χ4n) is 2.65. The zero-order valence-corrected chi connectivity index (χ0v) is 17.4. The number of ether oxygens (including phenoxy) is 2. The van der Waals surface area contributed by atoms with E-state index >= 15 is 0 Å². The number of rotatable bonds is 8. The summed E-state index contributed by atoms with van der Waals surface area (Å²) in [5.74, 6) is -1.54. The number of nitrogens with zero attached hydrogens (tertiary/aromatic N) is 3. The second-order valence-electron chi connectivity index (χ2n) is 6.05. The topological polar surface area (TPSA) is 141 Å². The molecule has 11 nitrogen and oxygen atoms in total. The van der Waals surface area contributed by atoms with Gasteiger partial charge >= 0.3 is 5.69 Å². The van der Waals surface area contributed by atoms with E-state index in [1.54, 1.807) is 0 Å². The molecule has 0 aliphatic heterocycles. The molecular weight excluding hydrogens is 447 g/mol. The van der Waals surface area contributed by atoms with Crippen LogP contribution in [0.4, 0.5) is 27.4 Å². The van der Waals surface area contributed by atoms with Crippen molar-refractivity contribution in [1.29, 1.82) is 0 Å². The lowest BCUT2D eigenvalue weighted by Gasteiger charge is -2.14. The first-order valence-corrected chi connectivity index (χ1v) is 9.22. The van der Waals surface area contributed by atoms with Gasteiger partial charge in [-0.15, -0.1) is 0 Å². The number of nitro groups is 1. The molecule has 1 aromatic heterocycles. The van der Waals surface area contributed by atoms with Gasteiger partial charge in [-0.3, -0.25) is 25.8 Å². The van der Waals surface area contributed by atoms with E-state index in [1.165, 1.54) is 44.6 Å². The fraction of sp³-hybridized carbons (Fsp3) is 0.105. The second kappa shape index (κ2) is 9.75. The van der Waals surface area contributed by atoms with Crippen LogP contribution in [0.3, 0.4) is 0 Å². The number of methoxy groups -OCH3 is 2. The smallest absolute Gasteiger partial charge is 0.355 e. The van der Waals surface area contributed by atoms with E-state index in [4.69, 9.17) is 21.1 Å². The number of anilines is 3. The maximum atomic E-state index is 13.8. The fourth-order valence-corrected chi connectivity index (χ4v) is 2.89. The molecule has 32 heavy (non-hydrogen) atoms. The highest BCUT2D eigenvalue weighted by Crippen LogP contribution is 2.39. The average molecular weight is 463 g/mol. The van der Waals surface area contributed by atoms with Gasteiger partial charge in [0.05, 0.1) is 35.4 Å². The van der Waals surface area contributed by atoms with Crippen LogP contribution in [-0.4, -0.2) is 35.0 Å². The maximum Gasteiger partial charge on any atom is 0.355 e. The van der Waals surface area contributed by atoms with E-state index < -0.39 is 22.3 Å². The Labute approximate surface area is 185 Å². The predicted octanol–water partition coefficient (Wildman–Crippen LogP) is 3.70. The van der Waals surface area contributed by atoms with Crippen LogP contribution >= 0.6 is 11.6 Å². The molecule has 0 radical (unpaired) electrons. The van der Waals surface area contributed by atoms with E-state index in [0.29, 0.717) is 5.75 Å². The van der Waals surface area contributed by atoms with Crippen LogP contribution in [0.2, 0.25) is 5.02 Å². The molecule has 13 heteroatoms. The van der Waals surface area contributed by atoms with Crippen LogP contribution in [0, 0.1) is 15.9 Å². The Morgan fingerprint density at radius 2 is 1.81 bits per heavy atom. The van der Waals surface area contributed by atoms with E-state index in [-0.39, 0.29) is 33.7 Å². The minimum absolute atomic E-state index is 0.216. The van der Waals surface area contributed by atoms with Crippen LogP contribution in [0.25, 0.3) is 0 Å². The minimum Gasteiger partial charge on any atom is -0.495 e. The second-order valence-corrected chi connectivity index (χ2v) is 6.45. The van der Waals surface area contributed by atoms with E-state index in [0.717, 1.165) is 12.4 Å². The van der Waals surface area contributed by atoms with Gasteiger partial charge in [-0.25, -0.2) is 14.4 Å². The third-order valence-electron chi connectivity index (χ3n) is 4.14. The lowest BCUT2D eigenvalue weighted by Crippen LogP contribution is -2.31. The number of carbonyl (C=O) groups is 1. The van der Waals surface area contributed by atoms with Gasteiger partial charge in [-0.1, -0.05) is 23.7 Å². The summed E-state index contributed by atoms with van der Waals surface area (Å²) in [4.78, 5) is 30.8. The van der Waals surface area contributed by atoms with Crippen molar-refractivity contribution in [2.75, 3.05) is 25.0 Å². The number of amides is 1. The van der Waals surface area contributed by atoms with Gasteiger partial charge in [0.25, 0.3) is 5.91 Å². The number of nitrogens with one attached hydrogen (secondary N) is 3. The van der Waals surface area contributed by atoms with Gasteiger partial charge < -0.3 is 14.8 Å². The molecule has 3 rings (SSSR count). The molecule has 0 spiro atoms. The quantitative estimate of drug-likeness (QED) is 0.337. The summed E-state index contributed by atoms with van der Waals surface area (Å²) in [6.07, 6.45) is 1.03. The molecule has 0 saturated heterocycles. The molecule has 166 valence electrons. The zero-order valence-electron chi connectivity index (χ0n) is 16.7. The molecule has 1 amide bonds. The first kappa shape index (κ1) is 22.5. The van der Waals surface area contributed by atoms with Gasteiger partial charge in [0.2, 0.25) is 11.6 Å². The van der Waals surface area contributed by atoms with Gasteiger partial charge in [0, 0.05) is 6.07 Å². The highest BCUT2D eigenvalue weighted by molar-refractivity contribution is 6.32. The number of aromatic nitrogens is 2. The van der Waals surface area contributed by atoms with Crippen LogP contribution in [0.5, 0.6) is 11.5 Å². The number of carbonyl (C=O) groups excluding carboxylic acids is 1. The Balaban J connectivity index is 1.90. The number of hydrazine groups is 1. The lowest BCUT2D eigenvalue weighted by atomic mass is 10.2. The molecule has 0 bridgehead atoms. The number of benzene rings is 2. The molecule has 2 aromatic carbocycles. The van der Waals surface area contributed by atoms with Crippen LogP contribution in [0.1, 0.15) is 10.4 Å². The summed E-state index contributed by atoms with van der Waals surface area (Å²) in [6, 6.07) is 8.20. The van der Waals surface area contributed by atoms with Crippen LogP contribution in [0.15, 0.2) is 42.7 Å². The van der Waals surface area contributed by atoms with E-state index in [2.05, 4.69) is 26.1 Å². The van der Waals surface area contributed by atoms with Crippen molar-refractivity contribution in [1.82, 2.24) is 15.4 Å². The molecule has 0 atom stereocenters. The van der Waals surface area contributed by atoms with Gasteiger partial charge in [-0.2, -0.15) is 0 Å². The third kappa shape index (κ3) is 4.75. The maximum absolute atomic E-state index is 13.8. The third-order valence-corrected chi connectivity index (χ3v) is 4.44. The van der Waals surface area contributed by atoms with Crippen molar-refractivity contribution in [2.45, 2.75) is 0 Å². The summed E-state index contributed by atoms with van der Waals surface area (Å²) < 4.78 is 24.2. The lowest BCUT2D eigenvalue weighted by molar-refractivity contribution is -0.383. The predicted molar refractivity (Wildman–Crippen MR) is 114 cm³/mol. The molecule has 0 fully saturated rings. The van der Waals surface area contributed by atoms with E-state index in [9.17, 15) is 19.3 Å². The summed E-state index contributed by atoms with van der Waals surface area (Å²) >= 11 is 6.14. The molecule has 0 aliphatic carbocycles. The van der Waals surface area contributed by atoms with Crippen molar-refractivity contribution in [3.63, 3.8) is 0 Å². The molecule has 1 heterocycles. The van der Waals surface area contributed by atoms with Crippen molar-refractivity contribution in [2.24, 2.45) is 0 Å². The monoisotopic (exact) mass is 462 g/mol. The molecule has 0 aliphatic rings. The molecule has 0 saturated carbocycles. The van der Waals surface area contributed by atoms with Crippen LogP contribution in [-0.2, 0) is 0 Å². The van der Waals surface area contributed by atoms with E-state index in [1.807, 2.05) is 0 Å². The van der Waals surface area contributed by atoms with Crippen molar-refractivity contribution in [3.05, 3.63) is 69.2 Å². The Morgan fingerprint density at radius 1 is 1.12 bits per heavy atom. The number of halogens is 2. The molecule has 3 N–H and O–H groups in total. The van der Waals surface area contributed by atoms with Gasteiger partial charge in [0.1, 0.15) is 23.6 Å². The molecule has 3 aromatic rings. The Bertz CT molecular complexity index is 1180. The van der Waals surface area contributed by atoms with Crippen molar-refractivity contribution >= 4 is 40.5 Å². The van der Waals surface area contributed by atoms with Gasteiger partial charge in [-0.05, 0) is 18.2 Å². The molecule has 0 unspecified atom stereocenters. The highest BCUT2D eigenvalue weighted by atomic mass is 35.5. The minimum atomic E-state index is -0.853. The Kier molecular flexibility index (Phi) is 6.85. The normalized spacial score (nSPS) is 10.2. The first-order chi connectivity index (χ1) is 15.3. The summed E-state index contributed by atoms with van der Waals surface area (Å²) in [7, 11) is 2.82. The highest BCUT2D eigenvalue weighted by Gasteiger charge is 2.25. The number of hydrogen-bond donors (Lipinski definition) is 3. The summed E-state index contributed by atoms with van der Waals surface area (Å²) in [5, 5.41) is 14.7. The average Bonchev–Trinajstić information content (AvgIpc) is 2.77. The zero-order chi connectivity index (χ0) is 23.3.